The summed E-state index contributed by atoms with van der Waals surface area (Å²) in [4.78, 5) is 5.49. The molecular weight excluding hydrogens is 472 g/mol. The second-order valence-electron chi connectivity index (χ2n) is 12.1. The maximum absolute atomic E-state index is 5.49. The van der Waals surface area contributed by atoms with Gasteiger partial charge < -0.3 is 5.32 Å². The predicted octanol–water partition coefficient (Wildman–Crippen LogP) is 11.2. The van der Waals surface area contributed by atoms with Crippen molar-refractivity contribution in [1.29, 1.82) is 0 Å². The smallest absolute Gasteiger partial charge is 0.0737 e. The molecular formula is C37H42N2. The van der Waals surface area contributed by atoms with Crippen LogP contribution in [0.3, 0.4) is 0 Å². The van der Waals surface area contributed by atoms with E-state index in [1.54, 1.807) is 0 Å². The quantitative estimate of drug-likeness (QED) is 0.260. The lowest BCUT2D eigenvalue weighted by Crippen LogP contribution is -2.10. The molecule has 2 heteroatoms. The van der Waals surface area contributed by atoms with Gasteiger partial charge in [-0.25, -0.2) is 4.99 Å². The van der Waals surface area contributed by atoms with E-state index in [0.29, 0.717) is 23.7 Å². The fraction of sp³-hybridized carbons (Fsp3) is 0.324. The van der Waals surface area contributed by atoms with Gasteiger partial charge in [-0.1, -0.05) is 122 Å². The van der Waals surface area contributed by atoms with E-state index in [1.165, 1.54) is 49.8 Å². The van der Waals surface area contributed by atoms with Crippen molar-refractivity contribution in [3.8, 4) is 0 Å². The highest BCUT2D eigenvalue weighted by atomic mass is 14.9. The molecule has 0 heterocycles. The van der Waals surface area contributed by atoms with Crippen LogP contribution in [-0.4, -0.2) is 5.71 Å². The molecule has 4 aromatic rings. The molecule has 0 bridgehead atoms. The van der Waals surface area contributed by atoms with Gasteiger partial charge in [-0.3, -0.25) is 0 Å². The molecule has 1 aliphatic carbocycles. The molecule has 0 spiro atoms. The highest BCUT2D eigenvalue weighted by Gasteiger charge is 2.22. The molecule has 39 heavy (non-hydrogen) atoms. The van der Waals surface area contributed by atoms with Crippen molar-refractivity contribution >= 4 is 39.6 Å². The Morgan fingerprint density at radius 1 is 0.564 bits per heavy atom. The van der Waals surface area contributed by atoms with Gasteiger partial charge in [0, 0.05) is 22.3 Å². The molecule has 0 saturated heterocycles. The molecule has 0 fully saturated rings. The second-order valence-corrected chi connectivity index (χ2v) is 12.1. The van der Waals surface area contributed by atoms with Crippen LogP contribution >= 0.6 is 0 Å². The summed E-state index contributed by atoms with van der Waals surface area (Å²) >= 11 is 0. The fourth-order valence-electron chi connectivity index (χ4n) is 5.85. The van der Waals surface area contributed by atoms with Gasteiger partial charge in [-0.15, -0.1) is 0 Å². The van der Waals surface area contributed by atoms with Gasteiger partial charge in [-0.2, -0.15) is 0 Å². The summed E-state index contributed by atoms with van der Waals surface area (Å²) in [7, 11) is 0. The van der Waals surface area contributed by atoms with Crippen LogP contribution in [0.4, 0.5) is 17.1 Å². The van der Waals surface area contributed by atoms with Crippen molar-refractivity contribution < 1.29 is 0 Å². The topological polar surface area (TPSA) is 24.4 Å². The zero-order valence-electron chi connectivity index (χ0n) is 24.8. The Morgan fingerprint density at radius 2 is 1.10 bits per heavy atom. The molecule has 4 aromatic carbocycles. The molecule has 1 N–H and O–H groups in total. The van der Waals surface area contributed by atoms with Crippen LogP contribution in [0.2, 0.25) is 0 Å². The Bertz CT molecular complexity index is 1530. The Kier molecular flexibility index (Phi) is 7.49. The van der Waals surface area contributed by atoms with Crippen molar-refractivity contribution in [3.05, 3.63) is 106 Å². The number of anilines is 2. The van der Waals surface area contributed by atoms with Crippen molar-refractivity contribution in [1.82, 2.24) is 0 Å². The molecule has 1 aliphatic rings. The van der Waals surface area contributed by atoms with Crippen LogP contribution in [0.5, 0.6) is 0 Å². The lowest BCUT2D eigenvalue weighted by Gasteiger charge is -2.25. The maximum atomic E-state index is 5.49. The first-order chi connectivity index (χ1) is 18.7. The minimum absolute atomic E-state index is 0.391. The SMILES string of the molecule is CC(C)c1cccc(C(C)C)c1N=C1C=Cc2cccc3ccc(Nc4c(C(C)C)cccc4C(C)C)c1c23. The first-order valence-corrected chi connectivity index (χ1v) is 14.5. The molecule has 0 aliphatic heterocycles. The van der Waals surface area contributed by atoms with Crippen molar-refractivity contribution in [2.75, 3.05) is 5.32 Å². The summed E-state index contributed by atoms with van der Waals surface area (Å²) in [6.07, 6.45) is 4.44. The summed E-state index contributed by atoms with van der Waals surface area (Å²) in [6.45, 7) is 18.2. The fourth-order valence-corrected chi connectivity index (χ4v) is 5.85. The number of allylic oxidation sites excluding steroid dienone is 1. The molecule has 0 aromatic heterocycles. The third-order valence-corrected chi connectivity index (χ3v) is 7.96. The van der Waals surface area contributed by atoms with Crippen molar-refractivity contribution in [2.45, 2.75) is 79.1 Å². The third kappa shape index (κ3) is 5.05. The van der Waals surface area contributed by atoms with Gasteiger partial charge in [0.1, 0.15) is 0 Å². The lowest BCUT2D eigenvalue weighted by atomic mass is 9.88. The predicted molar refractivity (Wildman–Crippen MR) is 172 cm³/mol. The molecule has 0 saturated carbocycles. The zero-order valence-corrected chi connectivity index (χ0v) is 24.8. The van der Waals surface area contributed by atoms with Crippen LogP contribution in [0.15, 0.2) is 77.8 Å². The molecule has 0 unspecified atom stereocenters. The van der Waals surface area contributed by atoms with E-state index in [4.69, 9.17) is 4.99 Å². The van der Waals surface area contributed by atoms with E-state index < -0.39 is 0 Å². The largest absolute Gasteiger partial charge is 0.354 e. The summed E-state index contributed by atoms with van der Waals surface area (Å²) in [5.41, 5.74) is 12.2. The standard InChI is InChI=1S/C37H42N2/c1-22(2)28-14-10-15-29(23(3)4)36(28)38-32-20-18-26-12-9-13-27-19-21-33(35(32)34(26)27)39-37-30(24(5)6)16-11-17-31(37)25(7)8/h9-25,38H,1-8H3. The number of benzene rings is 4. The van der Waals surface area contributed by atoms with Gasteiger partial charge in [0.25, 0.3) is 0 Å². The first kappa shape index (κ1) is 26.9. The maximum Gasteiger partial charge on any atom is 0.0737 e. The summed E-state index contributed by atoms with van der Waals surface area (Å²) < 4.78 is 0. The van der Waals surface area contributed by atoms with E-state index in [1.807, 2.05) is 0 Å². The minimum atomic E-state index is 0.391. The molecule has 2 nitrogen and oxygen atoms in total. The number of hydrogen-bond donors (Lipinski definition) is 1. The van der Waals surface area contributed by atoms with Crippen LogP contribution in [0.1, 0.15) is 112 Å². The number of rotatable bonds is 7. The average Bonchev–Trinajstić information content (AvgIpc) is 2.90. The Labute approximate surface area is 234 Å². The van der Waals surface area contributed by atoms with E-state index in [0.717, 1.165) is 17.1 Å². The van der Waals surface area contributed by atoms with Crippen LogP contribution in [0.25, 0.3) is 16.8 Å². The van der Waals surface area contributed by atoms with E-state index in [9.17, 15) is 0 Å². The second kappa shape index (κ2) is 10.8. The average molecular weight is 515 g/mol. The summed E-state index contributed by atoms with van der Waals surface area (Å²) in [5.74, 6) is 1.61. The van der Waals surface area contributed by atoms with Crippen molar-refractivity contribution in [2.24, 2.45) is 4.99 Å². The number of nitrogens with one attached hydrogen (secondary N) is 1. The van der Waals surface area contributed by atoms with Crippen LogP contribution in [0, 0.1) is 0 Å². The molecule has 0 radical (unpaired) electrons. The van der Waals surface area contributed by atoms with Crippen LogP contribution < -0.4 is 5.32 Å². The highest BCUT2D eigenvalue weighted by molar-refractivity contribution is 6.26. The third-order valence-electron chi connectivity index (χ3n) is 7.96. The van der Waals surface area contributed by atoms with E-state index >= 15 is 0 Å². The van der Waals surface area contributed by atoms with Crippen molar-refractivity contribution in [3.63, 3.8) is 0 Å². The summed E-state index contributed by atoms with van der Waals surface area (Å²) in [5, 5.41) is 6.46. The van der Waals surface area contributed by atoms with Crippen LogP contribution in [-0.2, 0) is 0 Å². The number of nitrogens with zero attached hydrogens (tertiary/aromatic N) is 1. The zero-order chi connectivity index (χ0) is 27.8. The number of hydrogen-bond acceptors (Lipinski definition) is 2. The van der Waals surface area contributed by atoms with Gasteiger partial charge in [0.05, 0.1) is 11.4 Å². The van der Waals surface area contributed by atoms with Gasteiger partial charge in [-0.05, 0) is 69.0 Å². The Morgan fingerprint density at radius 3 is 1.67 bits per heavy atom. The number of para-hydroxylation sites is 2. The lowest BCUT2D eigenvalue weighted by molar-refractivity contribution is 0.835. The monoisotopic (exact) mass is 514 g/mol. The molecule has 5 rings (SSSR count). The Balaban J connectivity index is 1.79. The normalized spacial score (nSPS) is 14.0. The molecule has 0 amide bonds. The molecule has 0 atom stereocenters. The first-order valence-electron chi connectivity index (χ1n) is 14.5. The van der Waals surface area contributed by atoms with E-state index in [2.05, 4.69) is 140 Å². The molecule has 200 valence electrons. The minimum Gasteiger partial charge on any atom is -0.354 e. The van der Waals surface area contributed by atoms with Gasteiger partial charge in [0.2, 0.25) is 0 Å². The Hall–Kier alpha value is -3.65. The summed E-state index contributed by atoms with van der Waals surface area (Å²) in [6, 6.07) is 24.5. The number of aliphatic imine (C=N–C) groups is 1. The highest BCUT2D eigenvalue weighted by Crippen LogP contribution is 2.41. The van der Waals surface area contributed by atoms with Gasteiger partial charge in [0.15, 0.2) is 0 Å². The van der Waals surface area contributed by atoms with Gasteiger partial charge >= 0.3 is 0 Å². The van der Waals surface area contributed by atoms with E-state index in [-0.39, 0.29) is 0 Å².